The van der Waals surface area contributed by atoms with Crippen LogP contribution in [0.2, 0.25) is 0 Å². The summed E-state index contributed by atoms with van der Waals surface area (Å²) in [7, 11) is 0. The van der Waals surface area contributed by atoms with Gasteiger partial charge in [-0.25, -0.2) is 0 Å². The molecule has 0 aromatic heterocycles. The minimum atomic E-state index is -0.126. The van der Waals surface area contributed by atoms with E-state index in [9.17, 15) is 9.59 Å². The summed E-state index contributed by atoms with van der Waals surface area (Å²) in [5.41, 5.74) is 4.68. The van der Waals surface area contributed by atoms with Gasteiger partial charge < -0.3 is 9.47 Å². The Bertz CT molecular complexity index is 1120. The average molecular weight is 430 g/mol. The van der Waals surface area contributed by atoms with E-state index in [0.29, 0.717) is 13.2 Å². The maximum Gasteiger partial charge on any atom is 0.229 e. The highest BCUT2D eigenvalue weighted by Crippen LogP contribution is 2.43. The lowest BCUT2D eigenvalue weighted by Gasteiger charge is -2.22. The molecule has 5 heteroatoms. The molecule has 0 N–H and O–H groups in total. The van der Waals surface area contributed by atoms with Gasteiger partial charge in [0.1, 0.15) is 11.5 Å². The second-order valence-electron chi connectivity index (χ2n) is 7.57. The van der Waals surface area contributed by atoms with E-state index in [2.05, 4.69) is 0 Å². The first-order valence-corrected chi connectivity index (χ1v) is 11.0. The quantitative estimate of drug-likeness (QED) is 0.446. The van der Waals surface area contributed by atoms with Gasteiger partial charge in [-0.15, -0.1) is 0 Å². The molecular formula is C27H27NO4. The van der Waals surface area contributed by atoms with E-state index in [1.807, 2.05) is 80.6 Å². The molecule has 1 aliphatic heterocycles. The van der Waals surface area contributed by atoms with Crippen molar-refractivity contribution in [1.29, 1.82) is 0 Å². The van der Waals surface area contributed by atoms with Crippen molar-refractivity contribution in [3.63, 3.8) is 0 Å². The Morgan fingerprint density at radius 3 is 1.84 bits per heavy atom. The third kappa shape index (κ3) is 4.24. The molecule has 0 saturated carbocycles. The van der Waals surface area contributed by atoms with Gasteiger partial charge in [0.15, 0.2) is 0 Å². The van der Waals surface area contributed by atoms with Crippen molar-refractivity contribution in [1.82, 2.24) is 4.90 Å². The third-order valence-electron chi connectivity index (χ3n) is 5.57. The summed E-state index contributed by atoms with van der Waals surface area (Å²) in [6, 6.07) is 21.8. The van der Waals surface area contributed by atoms with Gasteiger partial charge in [0, 0.05) is 24.0 Å². The average Bonchev–Trinajstić information content (AvgIpc) is 3.12. The lowest BCUT2D eigenvalue weighted by Crippen LogP contribution is -2.28. The molecule has 3 aromatic carbocycles. The summed E-state index contributed by atoms with van der Waals surface area (Å²) in [6.07, 6.45) is 0.549. The van der Waals surface area contributed by atoms with Crippen molar-refractivity contribution >= 4 is 11.8 Å². The Kier molecular flexibility index (Phi) is 6.55. The molecule has 0 unspecified atom stereocenters. The Balaban J connectivity index is 1.94. The maximum absolute atomic E-state index is 12.4. The Morgan fingerprint density at radius 1 is 0.688 bits per heavy atom. The van der Waals surface area contributed by atoms with Crippen molar-refractivity contribution in [3.05, 3.63) is 72.3 Å². The van der Waals surface area contributed by atoms with Gasteiger partial charge in [0.25, 0.3) is 0 Å². The molecule has 0 radical (unpaired) electrons. The van der Waals surface area contributed by atoms with E-state index >= 15 is 0 Å². The lowest BCUT2D eigenvalue weighted by atomic mass is 9.89. The Morgan fingerprint density at radius 2 is 1.22 bits per heavy atom. The van der Waals surface area contributed by atoms with E-state index in [1.165, 1.54) is 4.90 Å². The van der Waals surface area contributed by atoms with E-state index < -0.39 is 0 Å². The molecule has 1 saturated heterocycles. The molecular weight excluding hydrogens is 402 g/mol. The molecule has 0 atom stereocenters. The molecule has 1 fully saturated rings. The van der Waals surface area contributed by atoms with Crippen LogP contribution < -0.4 is 9.47 Å². The molecule has 5 nitrogen and oxygen atoms in total. The predicted molar refractivity (Wildman–Crippen MR) is 124 cm³/mol. The maximum atomic E-state index is 12.4. The number of para-hydroxylation sites is 2. The summed E-state index contributed by atoms with van der Waals surface area (Å²) >= 11 is 0. The van der Waals surface area contributed by atoms with Crippen molar-refractivity contribution < 1.29 is 19.1 Å². The molecule has 32 heavy (non-hydrogen) atoms. The highest BCUT2D eigenvalue weighted by molar-refractivity contribution is 6.02. The number of amides is 2. The van der Waals surface area contributed by atoms with Gasteiger partial charge in [-0.2, -0.15) is 0 Å². The van der Waals surface area contributed by atoms with E-state index in [0.717, 1.165) is 39.3 Å². The minimum absolute atomic E-state index is 0.126. The van der Waals surface area contributed by atoms with Crippen LogP contribution in [0, 0.1) is 0 Å². The Labute approximate surface area is 188 Å². The van der Waals surface area contributed by atoms with Crippen LogP contribution in [0.1, 0.15) is 32.3 Å². The minimum Gasteiger partial charge on any atom is -0.493 e. The topological polar surface area (TPSA) is 55.8 Å². The number of ether oxygens (including phenoxy) is 2. The highest BCUT2D eigenvalue weighted by atomic mass is 16.5. The number of carbonyl (C=O) groups is 2. The lowest BCUT2D eigenvalue weighted by molar-refractivity contribution is -0.139. The van der Waals surface area contributed by atoms with Crippen LogP contribution in [-0.2, 0) is 16.1 Å². The fourth-order valence-corrected chi connectivity index (χ4v) is 4.17. The predicted octanol–water partition coefficient (Wildman–Crippen LogP) is 5.47. The summed E-state index contributed by atoms with van der Waals surface area (Å²) in [6.45, 7) is 5.24. The van der Waals surface area contributed by atoms with Crippen LogP contribution in [0.25, 0.3) is 22.3 Å². The molecule has 164 valence electrons. The molecule has 4 rings (SSSR count). The van der Waals surface area contributed by atoms with Crippen molar-refractivity contribution in [2.45, 2.75) is 33.2 Å². The van der Waals surface area contributed by atoms with E-state index in [4.69, 9.17) is 9.47 Å². The van der Waals surface area contributed by atoms with Gasteiger partial charge in [0.2, 0.25) is 11.8 Å². The molecule has 0 bridgehead atoms. The zero-order chi connectivity index (χ0) is 22.5. The highest BCUT2D eigenvalue weighted by Gasteiger charge is 2.30. The number of carbonyl (C=O) groups excluding carboxylic acids is 2. The first-order chi connectivity index (χ1) is 15.6. The van der Waals surface area contributed by atoms with Crippen molar-refractivity contribution in [2.24, 2.45) is 0 Å². The standard InChI is InChI=1S/C27H27NO4/c1-3-31-23-14-7-5-11-20(23)21-13-9-10-19(18-28-25(29)16-17-26(28)30)27(21)22-12-6-8-15-24(22)32-4-2/h5-15H,3-4,16-18H2,1-2H3. The zero-order valence-electron chi connectivity index (χ0n) is 18.5. The number of hydrogen-bond acceptors (Lipinski definition) is 4. The smallest absolute Gasteiger partial charge is 0.229 e. The molecule has 1 heterocycles. The van der Waals surface area contributed by atoms with Gasteiger partial charge in [-0.05, 0) is 42.7 Å². The monoisotopic (exact) mass is 429 g/mol. The summed E-state index contributed by atoms with van der Waals surface area (Å²) in [5.74, 6) is 1.30. The SMILES string of the molecule is CCOc1ccccc1-c1cccc(CN2C(=O)CCC2=O)c1-c1ccccc1OCC. The second-order valence-corrected chi connectivity index (χ2v) is 7.57. The fraction of sp³-hybridized carbons (Fsp3) is 0.259. The molecule has 0 aliphatic carbocycles. The largest absolute Gasteiger partial charge is 0.493 e. The van der Waals surface area contributed by atoms with E-state index in [1.54, 1.807) is 0 Å². The summed E-state index contributed by atoms with van der Waals surface area (Å²) < 4.78 is 11.9. The van der Waals surface area contributed by atoms with Crippen LogP contribution in [-0.4, -0.2) is 29.9 Å². The van der Waals surface area contributed by atoms with Crippen molar-refractivity contribution in [3.8, 4) is 33.8 Å². The van der Waals surface area contributed by atoms with Gasteiger partial charge in [-0.3, -0.25) is 14.5 Å². The van der Waals surface area contributed by atoms with Gasteiger partial charge >= 0.3 is 0 Å². The molecule has 0 spiro atoms. The molecule has 3 aromatic rings. The normalized spacial score (nSPS) is 13.5. The molecule has 1 aliphatic rings. The van der Waals surface area contributed by atoms with Crippen LogP contribution in [0.4, 0.5) is 0 Å². The zero-order valence-corrected chi connectivity index (χ0v) is 18.5. The number of hydrogen-bond donors (Lipinski definition) is 0. The summed E-state index contributed by atoms with van der Waals surface area (Å²) in [4.78, 5) is 26.1. The molecule has 2 amide bonds. The number of nitrogens with zero attached hydrogens (tertiary/aromatic N) is 1. The van der Waals surface area contributed by atoms with Crippen LogP contribution >= 0.6 is 0 Å². The third-order valence-corrected chi connectivity index (χ3v) is 5.57. The van der Waals surface area contributed by atoms with Gasteiger partial charge in [-0.1, -0.05) is 54.6 Å². The summed E-state index contributed by atoms with van der Waals surface area (Å²) in [5, 5.41) is 0. The van der Waals surface area contributed by atoms with Crippen molar-refractivity contribution in [2.75, 3.05) is 13.2 Å². The fourth-order valence-electron chi connectivity index (χ4n) is 4.17. The van der Waals surface area contributed by atoms with Crippen LogP contribution in [0.3, 0.4) is 0 Å². The number of likely N-dealkylation sites (tertiary alicyclic amines) is 1. The number of benzene rings is 3. The number of rotatable bonds is 8. The van der Waals surface area contributed by atoms with E-state index in [-0.39, 0.29) is 31.2 Å². The number of imide groups is 1. The first kappa shape index (κ1) is 21.6. The van der Waals surface area contributed by atoms with Gasteiger partial charge in [0.05, 0.1) is 19.8 Å². The van der Waals surface area contributed by atoms with Crippen LogP contribution in [0.15, 0.2) is 66.7 Å². The second kappa shape index (κ2) is 9.69. The first-order valence-electron chi connectivity index (χ1n) is 11.0. The Hall–Kier alpha value is -3.60. The van der Waals surface area contributed by atoms with Crippen LogP contribution in [0.5, 0.6) is 11.5 Å².